The van der Waals surface area contributed by atoms with Gasteiger partial charge in [-0.1, -0.05) is 66.7 Å². The molecule has 0 aromatic heterocycles. The molecule has 16 nitrogen and oxygen atoms in total. The summed E-state index contributed by atoms with van der Waals surface area (Å²) in [6, 6.07) is 37.2. The number of amides is 6. The number of benzene rings is 9. The summed E-state index contributed by atoms with van der Waals surface area (Å²) < 4.78 is 103. The fraction of sp³-hybridized carbons (Fsp3) is 0.0606. The summed E-state index contributed by atoms with van der Waals surface area (Å²) in [5, 5.41) is 11.5. The molecule has 0 saturated carbocycles. The molecule has 0 spiro atoms. The Kier molecular flexibility index (Phi) is 13.8. The number of carbonyl (C=O) groups is 8. The van der Waals surface area contributed by atoms with E-state index in [4.69, 9.17) is 9.47 Å². The zero-order valence-electron chi connectivity index (χ0n) is 45.2. The van der Waals surface area contributed by atoms with E-state index >= 15 is 26.3 Å². The van der Waals surface area contributed by atoms with Crippen LogP contribution in [0.4, 0.5) is 49.1 Å². The van der Waals surface area contributed by atoms with Crippen LogP contribution in [0.5, 0.6) is 23.0 Å². The SMILES string of the molecule is O=C1CC(=O)c2c1cccc2-c1ccc2c(c1)C(=O)N(c1ccc(Oc3ccc(C(c4ccc(Oc5ccc(N6C(=O)c7ccc(-c8cccc9c8C(=O)N(c8c(Br)cc([N+](=O)[O-])cc8Br)C9=O)cc7C6=O)cc5)cc4)(C(F)(F)F)C(F)(F)F)cc3)cc1)C2=O. The molecule has 0 radical (unpaired) electrons. The van der Waals surface area contributed by atoms with E-state index in [2.05, 4.69) is 31.9 Å². The third-order valence-electron chi connectivity index (χ3n) is 15.8. The standard InChI is InChI=1S/C66H32Br2F6N4O12/c67-51-29-38(78(87)88)30-52(68)57(51)77-60(83)48-6-2-4-44(56(48)63(77)86)33-8-26-46-50(28-33)62(85)76(59(46)82)37-15-23-42(24-16-37)90-40-19-11-35(12-20-40)64(65(69,70)71,66(72,73)74)34-9-17-39(18-10-34)89-41-21-13-36(14-22-41)75-58(81)45-25-7-32(27-49(45)61(75)84)43-3-1-5-47-53(79)31-54(80)55(43)47/h1-30H,31H2. The van der Waals surface area contributed by atoms with E-state index in [-0.39, 0.29) is 123 Å². The first-order valence-corrected chi connectivity index (χ1v) is 28.3. The first kappa shape index (κ1) is 58.3. The Morgan fingerprint density at radius 2 is 0.778 bits per heavy atom. The molecule has 9 aromatic rings. The first-order valence-electron chi connectivity index (χ1n) is 26.7. The van der Waals surface area contributed by atoms with E-state index in [1.807, 2.05) is 0 Å². The summed E-state index contributed by atoms with van der Waals surface area (Å²) in [5.41, 5.74) is -5.17. The highest BCUT2D eigenvalue weighted by Crippen LogP contribution is 2.57. The lowest BCUT2D eigenvalue weighted by Crippen LogP contribution is -2.54. The van der Waals surface area contributed by atoms with Crippen molar-refractivity contribution in [3.8, 4) is 45.3 Å². The highest BCUT2D eigenvalue weighted by atomic mass is 79.9. The number of hydrogen-bond donors (Lipinski definition) is 0. The summed E-state index contributed by atoms with van der Waals surface area (Å²) in [5.74, 6) is -5.32. The molecular weight excluding hydrogens is 1310 g/mol. The van der Waals surface area contributed by atoms with Gasteiger partial charge in [0.15, 0.2) is 11.6 Å². The van der Waals surface area contributed by atoms with Crippen molar-refractivity contribution in [1.29, 1.82) is 0 Å². The number of rotatable bonds is 12. The molecule has 0 bridgehead atoms. The number of non-ortho nitro benzene ring substituents is 1. The van der Waals surface area contributed by atoms with Gasteiger partial charge in [0.25, 0.3) is 41.1 Å². The second kappa shape index (κ2) is 21.3. The minimum absolute atomic E-state index is 0.00259. The number of anilines is 3. The minimum atomic E-state index is -5.96. The third-order valence-corrected chi connectivity index (χ3v) is 17.0. The number of ether oxygens (including phenoxy) is 2. The van der Waals surface area contributed by atoms with Crippen LogP contribution in [0.2, 0.25) is 0 Å². The normalized spacial score (nSPS) is 14.6. The van der Waals surface area contributed by atoms with Crippen LogP contribution >= 0.6 is 31.9 Å². The number of hydrogen-bond acceptors (Lipinski definition) is 12. The highest BCUT2D eigenvalue weighted by molar-refractivity contribution is 9.11. The summed E-state index contributed by atoms with van der Waals surface area (Å²) in [4.78, 5) is 121. The molecular formula is C66H32Br2F6N4O12. The first-order chi connectivity index (χ1) is 42.9. The molecule has 24 heteroatoms. The van der Waals surface area contributed by atoms with Crippen LogP contribution in [0.15, 0.2) is 191 Å². The Labute approximate surface area is 518 Å². The van der Waals surface area contributed by atoms with Crippen LogP contribution in [0.25, 0.3) is 22.3 Å². The largest absolute Gasteiger partial charge is 0.457 e. The second-order valence-corrected chi connectivity index (χ2v) is 22.5. The van der Waals surface area contributed by atoms with Crippen molar-refractivity contribution in [2.24, 2.45) is 0 Å². The van der Waals surface area contributed by atoms with Gasteiger partial charge in [-0.05, 0) is 168 Å². The molecule has 90 heavy (non-hydrogen) atoms. The van der Waals surface area contributed by atoms with Gasteiger partial charge in [-0.15, -0.1) is 0 Å². The second-order valence-electron chi connectivity index (χ2n) is 20.8. The molecule has 3 heterocycles. The summed E-state index contributed by atoms with van der Waals surface area (Å²) in [6.07, 6.45) is -12.2. The van der Waals surface area contributed by atoms with Gasteiger partial charge in [0.05, 0.1) is 61.8 Å². The molecule has 0 unspecified atom stereocenters. The smallest absolute Gasteiger partial charge is 0.411 e. The molecule has 0 fully saturated rings. The molecule has 1 aliphatic carbocycles. The number of nitro benzene ring substituents is 1. The molecule has 0 N–H and O–H groups in total. The van der Waals surface area contributed by atoms with Crippen LogP contribution in [-0.4, -0.2) is 64.3 Å². The number of alkyl halides is 6. The molecule has 0 saturated heterocycles. The predicted molar refractivity (Wildman–Crippen MR) is 318 cm³/mol. The maximum Gasteiger partial charge on any atom is 0.411 e. The highest BCUT2D eigenvalue weighted by Gasteiger charge is 2.72. The van der Waals surface area contributed by atoms with Gasteiger partial charge in [-0.3, -0.25) is 48.5 Å². The van der Waals surface area contributed by atoms with E-state index in [0.717, 1.165) is 51.1 Å². The number of nitro groups is 1. The fourth-order valence-corrected chi connectivity index (χ4v) is 13.2. The van der Waals surface area contributed by atoms with Gasteiger partial charge in [0, 0.05) is 32.2 Å². The molecule has 13 rings (SSSR count). The van der Waals surface area contributed by atoms with Crippen LogP contribution in [0.3, 0.4) is 0 Å². The molecule has 4 aliphatic rings. The van der Waals surface area contributed by atoms with Gasteiger partial charge in [-0.2, -0.15) is 26.3 Å². The van der Waals surface area contributed by atoms with E-state index in [1.54, 1.807) is 30.3 Å². The molecule has 6 amide bonds. The Balaban J connectivity index is 0.688. The number of nitrogens with zero attached hydrogens (tertiary/aromatic N) is 4. The average molecular weight is 1350 g/mol. The monoisotopic (exact) mass is 1340 g/mol. The topological polar surface area (TPSA) is 208 Å². The summed E-state index contributed by atoms with van der Waals surface area (Å²) in [6.45, 7) is 0. The van der Waals surface area contributed by atoms with Crippen molar-refractivity contribution >= 4 is 102 Å². The van der Waals surface area contributed by atoms with E-state index < -0.39 is 69.3 Å². The minimum Gasteiger partial charge on any atom is -0.457 e. The number of fused-ring (bicyclic) bond motifs is 4. The number of carbonyl (C=O) groups excluding carboxylic acids is 8. The zero-order valence-corrected chi connectivity index (χ0v) is 48.4. The number of imide groups is 3. The Hall–Kier alpha value is -10.7. The lowest BCUT2D eigenvalue weighted by Gasteiger charge is -2.38. The van der Waals surface area contributed by atoms with Crippen molar-refractivity contribution in [1.82, 2.24) is 0 Å². The lowest BCUT2D eigenvalue weighted by molar-refractivity contribution is -0.385. The molecule has 444 valence electrons. The van der Waals surface area contributed by atoms with Gasteiger partial charge in [0.1, 0.15) is 23.0 Å². The Morgan fingerprint density at radius 1 is 0.400 bits per heavy atom. The molecule has 9 aromatic carbocycles. The Bertz CT molecular complexity index is 4690. The molecule has 3 aliphatic heterocycles. The van der Waals surface area contributed by atoms with Gasteiger partial charge >= 0.3 is 12.4 Å². The van der Waals surface area contributed by atoms with Gasteiger partial charge in [-0.25, -0.2) is 14.7 Å². The fourth-order valence-electron chi connectivity index (χ4n) is 11.7. The van der Waals surface area contributed by atoms with Crippen LogP contribution in [-0.2, 0) is 5.41 Å². The van der Waals surface area contributed by atoms with E-state index in [1.165, 1.54) is 91.0 Å². The van der Waals surface area contributed by atoms with Crippen molar-refractivity contribution in [3.05, 3.63) is 257 Å². The zero-order chi connectivity index (χ0) is 63.6. The maximum absolute atomic E-state index is 15.3. The average Bonchev–Trinajstić information content (AvgIpc) is 0.941. The lowest BCUT2D eigenvalue weighted by atomic mass is 9.73. The number of ketones is 2. The van der Waals surface area contributed by atoms with Crippen molar-refractivity contribution < 1.29 is 79.1 Å². The third kappa shape index (κ3) is 9.18. The number of Topliss-reactive ketones (excluding diaryl/α,β-unsaturated/α-hetero) is 2. The van der Waals surface area contributed by atoms with Crippen molar-refractivity contribution in [3.63, 3.8) is 0 Å². The summed E-state index contributed by atoms with van der Waals surface area (Å²) >= 11 is 6.47. The van der Waals surface area contributed by atoms with Crippen LogP contribution in [0.1, 0.15) is 100 Å². The van der Waals surface area contributed by atoms with Crippen molar-refractivity contribution in [2.75, 3.05) is 14.7 Å². The predicted octanol–water partition coefficient (Wildman–Crippen LogP) is 15.6. The van der Waals surface area contributed by atoms with Crippen LogP contribution < -0.4 is 24.2 Å². The summed E-state index contributed by atoms with van der Waals surface area (Å²) in [7, 11) is 0. The molecule has 0 atom stereocenters. The quantitative estimate of drug-likeness (QED) is 0.0368. The van der Waals surface area contributed by atoms with E-state index in [0.29, 0.717) is 41.0 Å². The van der Waals surface area contributed by atoms with Crippen molar-refractivity contribution in [2.45, 2.75) is 24.2 Å². The Morgan fingerprint density at radius 3 is 1.20 bits per heavy atom. The van der Waals surface area contributed by atoms with Crippen LogP contribution in [0, 0.1) is 10.1 Å². The maximum atomic E-state index is 15.3. The number of halogens is 8. The van der Waals surface area contributed by atoms with Gasteiger partial charge in [0.2, 0.25) is 5.41 Å². The van der Waals surface area contributed by atoms with E-state index in [9.17, 15) is 48.5 Å². The van der Waals surface area contributed by atoms with Gasteiger partial charge < -0.3 is 9.47 Å².